The van der Waals surface area contributed by atoms with E-state index in [9.17, 15) is 9.18 Å². The van der Waals surface area contributed by atoms with Gasteiger partial charge in [-0.15, -0.1) is 0 Å². The summed E-state index contributed by atoms with van der Waals surface area (Å²) >= 11 is 3.19. The fourth-order valence-corrected chi connectivity index (χ4v) is 1.66. The zero-order chi connectivity index (χ0) is 14.0. The summed E-state index contributed by atoms with van der Waals surface area (Å²) in [6.45, 7) is 1.60. The third kappa shape index (κ3) is 3.05. The van der Waals surface area contributed by atoms with Crippen molar-refractivity contribution < 1.29 is 19.0 Å². The summed E-state index contributed by atoms with van der Waals surface area (Å²) in [5.41, 5.74) is -0.193. The van der Waals surface area contributed by atoms with E-state index in [0.29, 0.717) is 10.3 Å². The first-order valence-electron chi connectivity index (χ1n) is 5.17. The molecular formula is C12H8BrFN2O3. The minimum Gasteiger partial charge on any atom is -0.477 e. The maximum absolute atomic E-state index is 13.1. The zero-order valence-corrected chi connectivity index (χ0v) is 11.3. The monoisotopic (exact) mass is 326 g/mol. The van der Waals surface area contributed by atoms with Gasteiger partial charge in [-0.2, -0.15) is 4.98 Å². The van der Waals surface area contributed by atoms with Gasteiger partial charge in [0.25, 0.3) is 0 Å². The topological polar surface area (TPSA) is 72.3 Å². The smallest absolute Gasteiger partial charge is 0.342 e. The van der Waals surface area contributed by atoms with Crippen molar-refractivity contribution in [1.82, 2.24) is 9.97 Å². The van der Waals surface area contributed by atoms with Gasteiger partial charge in [0.2, 0.25) is 5.88 Å². The fraction of sp³-hybridized carbons (Fsp3) is 0.0833. The van der Waals surface area contributed by atoms with E-state index in [4.69, 9.17) is 9.84 Å². The number of hydrogen-bond donors (Lipinski definition) is 1. The van der Waals surface area contributed by atoms with Crippen LogP contribution in [0.4, 0.5) is 4.39 Å². The van der Waals surface area contributed by atoms with Crippen LogP contribution in [0.3, 0.4) is 0 Å². The summed E-state index contributed by atoms with van der Waals surface area (Å²) in [4.78, 5) is 18.7. The summed E-state index contributed by atoms with van der Waals surface area (Å²) in [5, 5.41) is 9.01. The molecular weight excluding hydrogens is 319 g/mol. The lowest BCUT2D eigenvalue weighted by Gasteiger charge is -2.09. The molecule has 0 fully saturated rings. The molecule has 19 heavy (non-hydrogen) atoms. The SMILES string of the molecule is Cc1ncc(C(=O)O)c(Oc2cc(F)ccc2Br)n1. The number of ether oxygens (including phenoxy) is 1. The number of halogens is 2. The van der Waals surface area contributed by atoms with E-state index in [2.05, 4.69) is 25.9 Å². The average molecular weight is 327 g/mol. The second-order valence-electron chi connectivity index (χ2n) is 3.62. The van der Waals surface area contributed by atoms with Crippen LogP contribution in [0, 0.1) is 12.7 Å². The first kappa shape index (κ1) is 13.4. The Morgan fingerprint density at radius 1 is 1.47 bits per heavy atom. The molecule has 0 amide bonds. The number of aromatic carboxylic acids is 1. The first-order valence-corrected chi connectivity index (χ1v) is 5.96. The maximum atomic E-state index is 13.1. The highest BCUT2D eigenvalue weighted by atomic mass is 79.9. The van der Waals surface area contributed by atoms with Crippen molar-refractivity contribution in [3.63, 3.8) is 0 Å². The number of hydrogen-bond acceptors (Lipinski definition) is 4. The molecule has 0 spiro atoms. The largest absolute Gasteiger partial charge is 0.477 e. The second-order valence-corrected chi connectivity index (χ2v) is 4.47. The van der Waals surface area contributed by atoms with E-state index in [1.165, 1.54) is 12.1 Å². The molecule has 0 saturated heterocycles. The number of carboxylic acid groups (broad SMARTS) is 1. The average Bonchev–Trinajstić information content (AvgIpc) is 2.33. The van der Waals surface area contributed by atoms with Crippen molar-refractivity contribution >= 4 is 21.9 Å². The molecule has 2 aromatic rings. The van der Waals surface area contributed by atoms with Crippen LogP contribution >= 0.6 is 15.9 Å². The fourth-order valence-electron chi connectivity index (χ4n) is 1.33. The molecule has 0 aliphatic carbocycles. The number of carbonyl (C=O) groups is 1. The normalized spacial score (nSPS) is 10.3. The van der Waals surface area contributed by atoms with Gasteiger partial charge in [0.15, 0.2) is 0 Å². The summed E-state index contributed by atoms with van der Waals surface area (Å²) in [6.07, 6.45) is 1.15. The number of carboxylic acids is 1. The summed E-state index contributed by atoms with van der Waals surface area (Å²) in [6, 6.07) is 3.84. The van der Waals surface area contributed by atoms with Gasteiger partial charge in [-0.25, -0.2) is 14.2 Å². The number of rotatable bonds is 3. The van der Waals surface area contributed by atoms with Crippen LogP contribution in [0.1, 0.15) is 16.2 Å². The predicted molar refractivity (Wildman–Crippen MR) is 67.9 cm³/mol. The summed E-state index contributed by atoms with van der Waals surface area (Å²) < 4.78 is 19.0. The van der Waals surface area contributed by atoms with Gasteiger partial charge in [-0.05, 0) is 35.0 Å². The Hall–Kier alpha value is -2.02. The number of aryl methyl sites for hydroxylation is 1. The van der Waals surface area contributed by atoms with E-state index >= 15 is 0 Å². The third-order valence-corrected chi connectivity index (χ3v) is 2.86. The quantitative estimate of drug-likeness (QED) is 0.937. The minimum absolute atomic E-state index is 0.133. The molecule has 98 valence electrons. The number of benzene rings is 1. The lowest BCUT2D eigenvalue weighted by atomic mass is 10.3. The van der Waals surface area contributed by atoms with Crippen LogP contribution in [0.15, 0.2) is 28.9 Å². The van der Waals surface area contributed by atoms with Gasteiger partial charge >= 0.3 is 5.97 Å². The van der Waals surface area contributed by atoms with Gasteiger partial charge in [0, 0.05) is 12.3 Å². The number of aromatic nitrogens is 2. The molecule has 0 aliphatic heterocycles. The summed E-state index contributed by atoms with van der Waals surface area (Å²) in [7, 11) is 0. The van der Waals surface area contributed by atoms with E-state index in [0.717, 1.165) is 12.3 Å². The molecule has 0 unspecified atom stereocenters. The van der Waals surface area contributed by atoms with Crippen molar-refractivity contribution in [2.24, 2.45) is 0 Å². The van der Waals surface area contributed by atoms with Gasteiger partial charge in [-0.1, -0.05) is 0 Å². The van der Waals surface area contributed by atoms with Gasteiger partial charge in [0.1, 0.15) is 23.0 Å². The highest BCUT2D eigenvalue weighted by Gasteiger charge is 2.16. The van der Waals surface area contributed by atoms with Crippen molar-refractivity contribution in [3.05, 3.63) is 46.1 Å². The molecule has 0 atom stereocenters. The van der Waals surface area contributed by atoms with E-state index in [1.807, 2.05) is 0 Å². The molecule has 0 aliphatic rings. The Morgan fingerprint density at radius 2 is 2.21 bits per heavy atom. The highest BCUT2D eigenvalue weighted by molar-refractivity contribution is 9.10. The molecule has 1 heterocycles. The van der Waals surface area contributed by atoms with Crippen molar-refractivity contribution in [1.29, 1.82) is 0 Å². The Kier molecular flexibility index (Phi) is 3.75. The Labute approximate surface area is 116 Å². The van der Waals surface area contributed by atoms with Gasteiger partial charge in [-0.3, -0.25) is 0 Å². The van der Waals surface area contributed by atoms with Crippen molar-refractivity contribution in [2.75, 3.05) is 0 Å². The van der Waals surface area contributed by atoms with Gasteiger partial charge in [0.05, 0.1) is 4.47 Å². The van der Waals surface area contributed by atoms with Gasteiger partial charge < -0.3 is 9.84 Å². The van der Waals surface area contributed by atoms with Crippen LogP contribution < -0.4 is 4.74 Å². The van der Waals surface area contributed by atoms with Crippen LogP contribution in [-0.4, -0.2) is 21.0 Å². The van der Waals surface area contributed by atoms with Crippen LogP contribution in [0.5, 0.6) is 11.6 Å². The maximum Gasteiger partial charge on any atom is 0.342 e. The van der Waals surface area contributed by atoms with Crippen LogP contribution in [0.25, 0.3) is 0 Å². The molecule has 1 aromatic carbocycles. The molecule has 7 heteroatoms. The molecule has 0 radical (unpaired) electrons. The van der Waals surface area contributed by atoms with Crippen molar-refractivity contribution in [3.8, 4) is 11.6 Å². The zero-order valence-electron chi connectivity index (χ0n) is 9.72. The minimum atomic E-state index is -1.22. The molecule has 0 saturated carbocycles. The Bertz CT molecular complexity index is 649. The molecule has 0 bridgehead atoms. The molecule has 1 N–H and O–H groups in total. The predicted octanol–water partition coefficient (Wildman–Crippen LogP) is 3.18. The molecule has 5 nitrogen and oxygen atoms in total. The van der Waals surface area contributed by atoms with Crippen LogP contribution in [-0.2, 0) is 0 Å². The van der Waals surface area contributed by atoms with Crippen molar-refractivity contribution in [2.45, 2.75) is 6.92 Å². The van der Waals surface area contributed by atoms with E-state index in [1.54, 1.807) is 6.92 Å². The van der Waals surface area contributed by atoms with E-state index < -0.39 is 11.8 Å². The first-order chi connectivity index (χ1) is 8.97. The third-order valence-electron chi connectivity index (χ3n) is 2.20. The lowest BCUT2D eigenvalue weighted by Crippen LogP contribution is -2.05. The Morgan fingerprint density at radius 3 is 2.89 bits per heavy atom. The molecule has 1 aromatic heterocycles. The number of nitrogens with zero attached hydrogens (tertiary/aromatic N) is 2. The summed E-state index contributed by atoms with van der Waals surface area (Å²) in [5.74, 6) is -1.36. The second kappa shape index (κ2) is 5.31. The highest BCUT2D eigenvalue weighted by Crippen LogP contribution is 2.30. The van der Waals surface area contributed by atoms with Crippen LogP contribution in [0.2, 0.25) is 0 Å². The lowest BCUT2D eigenvalue weighted by molar-refractivity contribution is 0.0692. The standard InChI is InChI=1S/C12H8BrFN2O3/c1-6-15-5-8(12(17)18)11(16-6)19-10-4-7(14)2-3-9(10)13/h2-5H,1H3,(H,17,18). The Balaban J connectivity index is 2.45. The molecule has 2 rings (SSSR count). The van der Waals surface area contributed by atoms with E-state index in [-0.39, 0.29) is 17.2 Å².